The second-order valence-corrected chi connectivity index (χ2v) is 5.65. The van der Waals surface area contributed by atoms with Crippen molar-refractivity contribution in [1.82, 2.24) is 10.2 Å². The van der Waals surface area contributed by atoms with E-state index in [1.165, 1.54) is 61.6 Å². The Bertz CT molecular complexity index is 519. The van der Waals surface area contributed by atoms with E-state index in [-0.39, 0.29) is 0 Å². The third kappa shape index (κ3) is 2.16. The highest BCUT2D eigenvalue weighted by molar-refractivity contribution is 5.85. The fourth-order valence-electron chi connectivity index (χ4n) is 3.31. The monoisotopic (exact) mass is 242 g/mol. The van der Waals surface area contributed by atoms with Crippen LogP contribution in [0.25, 0.3) is 10.9 Å². The zero-order valence-electron chi connectivity index (χ0n) is 11.2. The van der Waals surface area contributed by atoms with Crippen LogP contribution in [0, 0.1) is 6.92 Å². The smallest absolute Gasteiger partial charge is 0.0926 e. The van der Waals surface area contributed by atoms with Crippen LogP contribution in [0.5, 0.6) is 0 Å². The number of H-pyrrole nitrogens is 1. The summed E-state index contributed by atoms with van der Waals surface area (Å²) in [5.41, 5.74) is 3.88. The lowest BCUT2D eigenvalue weighted by Gasteiger charge is -2.19. The van der Waals surface area contributed by atoms with E-state index < -0.39 is 0 Å². The van der Waals surface area contributed by atoms with E-state index in [2.05, 4.69) is 35.3 Å². The van der Waals surface area contributed by atoms with Crippen molar-refractivity contribution in [3.05, 3.63) is 29.5 Å². The summed E-state index contributed by atoms with van der Waals surface area (Å²) in [5, 5.41) is 9.18. The third-order valence-corrected chi connectivity index (χ3v) is 4.33. The molecule has 0 saturated heterocycles. The van der Waals surface area contributed by atoms with Crippen LogP contribution in [0.2, 0.25) is 0 Å². The van der Waals surface area contributed by atoms with Crippen LogP contribution >= 0.6 is 0 Å². The first-order valence-electron chi connectivity index (χ1n) is 7.30. The normalized spacial score (nSPS) is 18.7. The molecule has 0 aliphatic heterocycles. The quantitative estimate of drug-likeness (QED) is 0.771. The molecule has 0 bridgehead atoms. The van der Waals surface area contributed by atoms with Crippen molar-refractivity contribution in [3.63, 3.8) is 0 Å². The second-order valence-electron chi connectivity index (χ2n) is 5.65. The van der Waals surface area contributed by atoms with Gasteiger partial charge in [-0.1, -0.05) is 44.2 Å². The second kappa shape index (κ2) is 5.13. The molecule has 18 heavy (non-hydrogen) atoms. The van der Waals surface area contributed by atoms with Gasteiger partial charge in [-0.05, 0) is 31.4 Å². The van der Waals surface area contributed by atoms with Crippen molar-refractivity contribution >= 4 is 10.9 Å². The number of nitrogens with zero attached hydrogens (tertiary/aromatic N) is 1. The van der Waals surface area contributed by atoms with E-state index in [0.29, 0.717) is 5.92 Å². The Morgan fingerprint density at radius 1 is 1.06 bits per heavy atom. The Kier molecular flexibility index (Phi) is 3.35. The highest BCUT2D eigenvalue weighted by atomic mass is 15.1. The molecular weight excluding hydrogens is 220 g/mol. The lowest BCUT2D eigenvalue weighted by atomic mass is 9.87. The van der Waals surface area contributed by atoms with Crippen molar-refractivity contribution in [1.29, 1.82) is 0 Å². The standard InChI is InChI=1S/C16H22N2/c1-12-8-7-11-14-15(12)16(18-17-14)13-9-5-3-2-4-6-10-13/h7-8,11,13H,2-6,9-10H2,1H3,(H,17,18). The van der Waals surface area contributed by atoms with Crippen LogP contribution in [0.4, 0.5) is 0 Å². The van der Waals surface area contributed by atoms with Gasteiger partial charge >= 0.3 is 0 Å². The van der Waals surface area contributed by atoms with Crippen LogP contribution in [0.1, 0.15) is 62.1 Å². The maximum Gasteiger partial charge on any atom is 0.0926 e. The summed E-state index contributed by atoms with van der Waals surface area (Å²) in [5.74, 6) is 0.691. The van der Waals surface area contributed by atoms with E-state index in [9.17, 15) is 0 Å². The number of benzene rings is 1. The van der Waals surface area contributed by atoms with Crippen LogP contribution in [0.3, 0.4) is 0 Å². The molecule has 0 amide bonds. The maximum absolute atomic E-state index is 4.48. The van der Waals surface area contributed by atoms with Crippen LogP contribution < -0.4 is 0 Å². The molecule has 0 spiro atoms. The minimum atomic E-state index is 0.691. The van der Waals surface area contributed by atoms with Gasteiger partial charge in [0.15, 0.2) is 0 Å². The third-order valence-electron chi connectivity index (χ3n) is 4.33. The lowest BCUT2D eigenvalue weighted by molar-refractivity contribution is 0.450. The zero-order valence-corrected chi connectivity index (χ0v) is 11.2. The van der Waals surface area contributed by atoms with Crippen LogP contribution in [-0.4, -0.2) is 10.2 Å². The lowest BCUT2D eigenvalue weighted by Crippen LogP contribution is -2.03. The molecule has 0 atom stereocenters. The van der Waals surface area contributed by atoms with Crippen molar-refractivity contribution in [2.24, 2.45) is 0 Å². The fraction of sp³-hybridized carbons (Fsp3) is 0.562. The summed E-state index contributed by atoms with van der Waals surface area (Å²) in [4.78, 5) is 0. The van der Waals surface area contributed by atoms with Gasteiger partial charge in [-0.25, -0.2) is 0 Å². The molecule has 2 heteroatoms. The molecule has 1 fully saturated rings. The summed E-state index contributed by atoms with van der Waals surface area (Å²) in [6.07, 6.45) is 9.63. The van der Waals surface area contributed by atoms with E-state index in [0.717, 1.165) is 5.52 Å². The number of hydrogen-bond acceptors (Lipinski definition) is 1. The van der Waals surface area contributed by atoms with Gasteiger partial charge in [0.05, 0.1) is 5.52 Å². The highest BCUT2D eigenvalue weighted by Crippen LogP contribution is 2.34. The molecule has 0 radical (unpaired) electrons. The van der Waals surface area contributed by atoms with Crippen molar-refractivity contribution < 1.29 is 0 Å². The van der Waals surface area contributed by atoms with Gasteiger partial charge in [0, 0.05) is 17.0 Å². The fourth-order valence-corrected chi connectivity index (χ4v) is 3.31. The highest BCUT2D eigenvalue weighted by Gasteiger charge is 2.18. The van der Waals surface area contributed by atoms with E-state index in [1.807, 2.05) is 0 Å². The average molecular weight is 242 g/mol. The first kappa shape index (κ1) is 11.8. The van der Waals surface area contributed by atoms with Gasteiger partial charge in [-0.15, -0.1) is 0 Å². The molecule has 1 aromatic heterocycles. The molecular formula is C16H22N2. The minimum absolute atomic E-state index is 0.691. The van der Waals surface area contributed by atoms with Crippen molar-refractivity contribution in [3.8, 4) is 0 Å². The van der Waals surface area contributed by atoms with Gasteiger partial charge < -0.3 is 0 Å². The maximum atomic E-state index is 4.48. The molecule has 96 valence electrons. The zero-order chi connectivity index (χ0) is 12.4. The summed E-state index contributed by atoms with van der Waals surface area (Å²) >= 11 is 0. The first-order valence-corrected chi connectivity index (χ1v) is 7.30. The number of aromatic nitrogens is 2. The largest absolute Gasteiger partial charge is 0.281 e. The molecule has 0 unspecified atom stereocenters. The number of fused-ring (bicyclic) bond motifs is 1. The van der Waals surface area contributed by atoms with Crippen molar-refractivity contribution in [2.75, 3.05) is 0 Å². The van der Waals surface area contributed by atoms with E-state index >= 15 is 0 Å². The number of rotatable bonds is 1. The predicted molar refractivity (Wildman–Crippen MR) is 75.9 cm³/mol. The Balaban J connectivity index is 1.97. The molecule has 3 rings (SSSR count). The molecule has 2 nitrogen and oxygen atoms in total. The van der Waals surface area contributed by atoms with E-state index in [1.54, 1.807) is 0 Å². The van der Waals surface area contributed by atoms with Gasteiger partial charge in [-0.2, -0.15) is 5.10 Å². The summed E-state index contributed by atoms with van der Waals surface area (Å²) in [7, 11) is 0. The van der Waals surface area contributed by atoms with Crippen LogP contribution in [0.15, 0.2) is 18.2 Å². The molecule has 1 saturated carbocycles. The minimum Gasteiger partial charge on any atom is -0.281 e. The molecule has 1 heterocycles. The van der Waals surface area contributed by atoms with Gasteiger partial charge in [-0.3, -0.25) is 5.10 Å². The molecule has 2 aromatic rings. The molecule has 1 aliphatic rings. The Morgan fingerprint density at radius 2 is 1.78 bits per heavy atom. The topological polar surface area (TPSA) is 28.7 Å². The number of aromatic amines is 1. The Morgan fingerprint density at radius 3 is 2.56 bits per heavy atom. The predicted octanol–water partition coefficient (Wildman–Crippen LogP) is 4.70. The average Bonchev–Trinajstić information content (AvgIpc) is 2.74. The Hall–Kier alpha value is -1.31. The van der Waals surface area contributed by atoms with Crippen molar-refractivity contribution in [2.45, 2.75) is 57.8 Å². The van der Waals surface area contributed by atoms with Gasteiger partial charge in [0.1, 0.15) is 0 Å². The summed E-state index contributed by atoms with van der Waals surface area (Å²) in [6.45, 7) is 2.20. The summed E-state index contributed by atoms with van der Waals surface area (Å²) in [6, 6.07) is 6.41. The van der Waals surface area contributed by atoms with Gasteiger partial charge in [0.2, 0.25) is 0 Å². The molecule has 1 N–H and O–H groups in total. The van der Waals surface area contributed by atoms with E-state index in [4.69, 9.17) is 0 Å². The number of nitrogens with one attached hydrogen (secondary N) is 1. The van der Waals surface area contributed by atoms with Crippen LogP contribution in [-0.2, 0) is 0 Å². The SMILES string of the molecule is Cc1cccc2n[nH]c(C3CCCCCCC3)c12. The molecule has 1 aliphatic carbocycles. The Labute approximate surface area is 109 Å². The van der Waals surface area contributed by atoms with Gasteiger partial charge in [0.25, 0.3) is 0 Å². The number of hydrogen-bond donors (Lipinski definition) is 1. The number of aryl methyl sites for hydroxylation is 1. The molecule has 1 aromatic carbocycles. The summed E-state index contributed by atoms with van der Waals surface area (Å²) < 4.78 is 0. The first-order chi connectivity index (χ1) is 8.86.